The van der Waals surface area contributed by atoms with Crippen molar-refractivity contribution in [1.82, 2.24) is 0 Å². The van der Waals surface area contributed by atoms with Gasteiger partial charge < -0.3 is 28.8 Å². The second-order valence-corrected chi connectivity index (χ2v) is 10.1. The third-order valence-corrected chi connectivity index (χ3v) is 7.99. The molecule has 35 heavy (non-hydrogen) atoms. The lowest BCUT2D eigenvalue weighted by Crippen LogP contribution is -2.36. The molecule has 2 atom stereocenters. The van der Waals surface area contributed by atoms with Crippen molar-refractivity contribution in [3.63, 3.8) is 0 Å². The van der Waals surface area contributed by atoms with Crippen molar-refractivity contribution in [2.24, 2.45) is 0 Å². The highest BCUT2D eigenvalue weighted by Crippen LogP contribution is 2.52. The van der Waals surface area contributed by atoms with Crippen molar-refractivity contribution in [2.75, 3.05) is 53.4 Å². The Hall–Kier alpha value is -1.77. The minimum atomic E-state index is -0.00562. The molecule has 0 radical (unpaired) electrons. The number of ether oxygens (including phenoxy) is 5. The number of aliphatic hydroxyl groups is 1. The number of unbranched alkanes of at least 4 members (excludes halogenated alkanes) is 2. The minimum absolute atomic E-state index is 0.00562. The maximum Gasteiger partial charge on any atom is 0.188 e. The van der Waals surface area contributed by atoms with Gasteiger partial charge in [-0.15, -0.1) is 11.8 Å². The van der Waals surface area contributed by atoms with Gasteiger partial charge in [-0.2, -0.15) is 0 Å². The third-order valence-electron chi connectivity index (χ3n) is 6.59. The highest BCUT2D eigenvalue weighted by atomic mass is 32.2. The van der Waals surface area contributed by atoms with Gasteiger partial charge in [-0.25, -0.2) is 0 Å². The number of thioether (sulfide) groups is 1. The Morgan fingerprint density at radius 1 is 0.886 bits per heavy atom. The molecule has 0 aromatic heterocycles. The van der Waals surface area contributed by atoms with Gasteiger partial charge in [0.15, 0.2) is 13.6 Å². The molecule has 0 bridgehead atoms. The van der Waals surface area contributed by atoms with E-state index in [-0.39, 0.29) is 25.6 Å². The van der Waals surface area contributed by atoms with Crippen LogP contribution in [0.15, 0.2) is 47.4 Å². The standard InChI is InChI=1S/C28H40O6S/c1-28(22-9-11-23(12-10-22)33-20-30-2)19-35-27-18-24(34-21-31-3)13-14-25(27)26(28)8-4-6-16-32-17-7-5-15-29/h9-14,18,26,29H,4-8,15-17,19-21H2,1-3H3. The molecule has 0 saturated heterocycles. The summed E-state index contributed by atoms with van der Waals surface area (Å²) < 4.78 is 27.2. The van der Waals surface area contributed by atoms with Gasteiger partial charge in [-0.3, -0.25) is 0 Å². The molecule has 1 N–H and O–H groups in total. The third kappa shape index (κ3) is 7.86. The summed E-state index contributed by atoms with van der Waals surface area (Å²) in [6, 6.07) is 14.9. The molecule has 1 aliphatic heterocycles. The summed E-state index contributed by atoms with van der Waals surface area (Å²) in [5, 5.41) is 8.90. The summed E-state index contributed by atoms with van der Waals surface area (Å²) in [4.78, 5) is 1.29. The molecule has 2 aromatic carbocycles. The molecule has 0 fully saturated rings. The Morgan fingerprint density at radius 2 is 1.54 bits per heavy atom. The fraction of sp³-hybridized carbons (Fsp3) is 0.571. The van der Waals surface area contributed by atoms with E-state index in [0.29, 0.717) is 5.92 Å². The first-order chi connectivity index (χ1) is 17.1. The Labute approximate surface area is 214 Å². The molecule has 3 rings (SSSR count). The SMILES string of the molecule is COCOc1ccc(C2(C)CSc3cc(OCOC)ccc3C2CCCCOCCCCO)cc1. The van der Waals surface area contributed by atoms with E-state index in [0.717, 1.165) is 62.6 Å². The maximum atomic E-state index is 8.90. The van der Waals surface area contributed by atoms with Gasteiger partial charge in [0.25, 0.3) is 0 Å². The van der Waals surface area contributed by atoms with E-state index < -0.39 is 0 Å². The molecule has 2 unspecified atom stereocenters. The Morgan fingerprint density at radius 3 is 2.23 bits per heavy atom. The molecule has 0 amide bonds. The fourth-order valence-electron chi connectivity index (χ4n) is 4.60. The van der Waals surface area contributed by atoms with Crippen LogP contribution in [-0.2, 0) is 19.6 Å². The molecule has 1 aliphatic rings. The Balaban J connectivity index is 1.74. The van der Waals surface area contributed by atoms with E-state index in [9.17, 15) is 0 Å². The number of rotatable bonds is 16. The lowest BCUT2D eigenvalue weighted by molar-refractivity contribution is 0.0508. The van der Waals surface area contributed by atoms with Crippen LogP contribution < -0.4 is 9.47 Å². The molecule has 1 heterocycles. The van der Waals surface area contributed by atoms with Crippen LogP contribution in [0.4, 0.5) is 0 Å². The van der Waals surface area contributed by atoms with Crippen LogP contribution in [0.3, 0.4) is 0 Å². The van der Waals surface area contributed by atoms with Crippen LogP contribution in [0, 0.1) is 0 Å². The van der Waals surface area contributed by atoms with E-state index >= 15 is 0 Å². The van der Waals surface area contributed by atoms with Crippen LogP contribution in [0.1, 0.15) is 56.1 Å². The van der Waals surface area contributed by atoms with Crippen molar-refractivity contribution in [1.29, 1.82) is 0 Å². The van der Waals surface area contributed by atoms with Crippen molar-refractivity contribution >= 4 is 11.8 Å². The van der Waals surface area contributed by atoms with Crippen LogP contribution in [0.25, 0.3) is 0 Å². The average molecular weight is 505 g/mol. The van der Waals surface area contributed by atoms with Gasteiger partial charge >= 0.3 is 0 Å². The number of hydrogen-bond donors (Lipinski definition) is 1. The van der Waals surface area contributed by atoms with E-state index in [2.05, 4.69) is 37.3 Å². The number of benzene rings is 2. The van der Waals surface area contributed by atoms with Crippen molar-refractivity contribution in [3.8, 4) is 11.5 Å². The number of fused-ring (bicyclic) bond motifs is 1. The van der Waals surface area contributed by atoms with E-state index in [1.807, 2.05) is 23.9 Å². The molecule has 0 spiro atoms. The Bertz CT molecular complexity index is 874. The summed E-state index contributed by atoms with van der Waals surface area (Å²) in [5.41, 5.74) is 2.71. The molecule has 6 nitrogen and oxygen atoms in total. The van der Waals surface area contributed by atoms with E-state index in [1.54, 1.807) is 14.2 Å². The van der Waals surface area contributed by atoms with Gasteiger partial charge in [0.05, 0.1) is 0 Å². The second-order valence-electron chi connectivity index (χ2n) is 9.12. The minimum Gasteiger partial charge on any atom is -0.468 e. The summed E-state index contributed by atoms with van der Waals surface area (Å²) in [6.07, 6.45) is 4.94. The zero-order valence-electron chi connectivity index (χ0n) is 21.3. The molecule has 2 aromatic rings. The predicted molar refractivity (Wildman–Crippen MR) is 140 cm³/mol. The van der Waals surface area contributed by atoms with Crippen LogP contribution in [-0.4, -0.2) is 58.5 Å². The first kappa shape index (κ1) is 27.8. The molecule has 194 valence electrons. The fourth-order valence-corrected chi connectivity index (χ4v) is 6.00. The van der Waals surface area contributed by atoms with Gasteiger partial charge in [-0.05, 0) is 67.0 Å². The molecular weight excluding hydrogens is 464 g/mol. The van der Waals surface area contributed by atoms with Crippen molar-refractivity contribution < 1.29 is 28.8 Å². The average Bonchev–Trinajstić information content (AvgIpc) is 2.89. The van der Waals surface area contributed by atoms with Crippen LogP contribution in [0.2, 0.25) is 0 Å². The zero-order valence-corrected chi connectivity index (χ0v) is 22.1. The first-order valence-electron chi connectivity index (χ1n) is 12.4. The molecule has 0 aliphatic carbocycles. The zero-order chi connectivity index (χ0) is 24.9. The topological polar surface area (TPSA) is 66.4 Å². The van der Waals surface area contributed by atoms with Gasteiger partial charge in [0.1, 0.15) is 11.5 Å². The number of hydrogen-bond acceptors (Lipinski definition) is 7. The largest absolute Gasteiger partial charge is 0.468 e. The molecule has 0 saturated carbocycles. The molecular formula is C28H40O6S. The lowest BCUT2D eigenvalue weighted by Gasteiger charge is -2.43. The number of methoxy groups -OCH3 is 2. The summed E-state index contributed by atoms with van der Waals surface area (Å²) in [7, 11) is 3.26. The van der Waals surface area contributed by atoms with Crippen LogP contribution in [0.5, 0.6) is 11.5 Å². The van der Waals surface area contributed by atoms with E-state index in [1.165, 1.54) is 16.0 Å². The highest BCUT2D eigenvalue weighted by Gasteiger charge is 2.41. The second kappa shape index (κ2) is 14.7. The quantitative estimate of drug-likeness (QED) is 0.230. The predicted octanol–water partition coefficient (Wildman–Crippen LogP) is 5.76. The maximum absolute atomic E-state index is 8.90. The summed E-state index contributed by atoms with van der Waals surface area (Å²) in [5.74, 6) is 3.04. The summed E-state index contributed by atoms with van der Waals surface area (Å²) in [6.45, 7) is 4.62. The summed E-state index contributed by atoms with van der Waals surface area (Å²) >= 11 is 1.90. The monoisotopic (exact) mass is 504 g/mol. The van der Waals surface area contributed by atoms with Crippen molar-refractivity contribution in [3.05, 3.63) is 53.6 Å². The number of aliphatic hydroxyl groups excluding tert-OH is 1. The molecule has 7 heteroatoms. The van der Waals surface area contributed by atoms with Gasteiger partial charge in [0, 0.05) is 50.1 Å². The Kier molecular flexibility index (Phi) is 11.7. The smallest absolute Gasteiger partial charge is 0.188 e. The van der Waals surface area contributed by atoms with Crippen molar-refractivity contribution in [2.45, 2.75) is 55.3 Å². The first-order valence-corrected chi connectivity index (χ1v) is 13.4. The van der Waals surface area contributed by atoms with E-state index in [4.69, 9.17) is 28.8 Å². The highest BCUT2D eigenvalue weighted by molar-refractivity contribution is 7.99. The lowest BCUT2D eigenvalue weighted by atomic mass is 9.68. The van der Waals surface area contributed by atoms with Gasteiger partial charge in [0.2, 0.25) is 0 Å². The van der Waals surface area contributed by atoms with Gasteiger partial charge in [-0.1, -0.05) is 31.5 Å². The normalized spacial score (nSPS) is 19.4. The van der Waals surface area contributed by atoms with Crippen LogP contribution >= 0.6 is 11.8 Å².